The van der Waals surface area contributed by atoms with Crippen LogP contribution in [-0.4, -0.2) is 46.2 Å². The number of hydrogen-bond acceptors (Lipinski definition) is 5. The summed E-state index contributed by atoms with van der Waals surface area (Å²) in [6, 6.07) is -0.963. The molecular weight excluding hydrogens is 250 g/mol. The molecule has 1 aliphatic heterocycles. The second kappa shape index (κ2) is 6.24. The highest BCUT2D eigenvalue weighted by Crippen LogP contribution is 2.18. The van der Waals surface area contributed by atoms with E-state index in [9.17, 15) is 14.7 Å². The molecule has 0 bridgehead atoms. The van der Waals surface area contributed by atoms with E-state index in [4.69, 9.17) is 4.74 Å². The SMILES string of the molecule is O=C(NC(C(=O)O)C1CCCOC1)c1cnccn1. The summed E-state index contributed by atoms with van der Waals surface area (Å²) in [6.07, 6.45) is 5.65. The van der Waals surface area contributed by atoms with Gasteiger partial charge in [-0.05, 0) is 12.8 Å². The van der Waals surface area contributed by atoms with Gasteiger partial charge in [0.1, 0.15) is 11.7 Å². The third-order valence-electron chi connectivity index (χ3n) is 3.02. The Morgan fingerprint density at radius 3 is 2.89 bits per heavy atom. The molecule has 0 saturated carbocycles. The van der Waals surface area contributed by atoms with E-state index >= 15 is 0 Å². The third kappa shape index (κ3) is 3.47. The van der Waals surface area contributed by atoms with Gasteiger partial charge in [-0.3, -0.25) is 9.78 Å². The highest BCUT2D eigenvalue weighted by atomic mass is 16.5. The molecule has 2 heterocycles. The van der Waals surface area contributed by atoms with Crippen molar-refractivity contribution in [2.45, 2.75) is 18.9 Å². The van der Waals surface area contributed by atoms with Crippen molar-refractivity contribution in [1.29, 1.82) is 0 Å². The Morgan fingerprint density at radius 1 is 1.47 bits per heavy atom. The van der Waals surface area contributed by atoms with Crippen LogP contribution in [0.5, 0.6) is 0 Å². The normalized spacial score (nSPS) is 20.5. The highest BCUT2D eigenvalue weighted by Gasteiger charge is 2.31. The number of ether oxygens (including phenoxy) is 1. The fraction of sp³-hybridized carbons (Fsp3) is 0.500. The number of hydrogen-bond donors (Lipinski definition) is 2. The number of nitrogens with zero attached hydrogens (tertiary/aromatic N) is 2. The quantitative estimate of drug-likeness (QED) is 0.799. The number of rotatable bonds is 4. The van der Waals surface area contributed by atoms with E-state index in [1.807, 2.05) is 0 Å². The number of amides is 1. The van der Waals surface area contributed by atoms with Gasteiger partial charge in [-0.25, -0.2) is 9.78 Å². The lowest BCUT2D eigenvalue weighted by molar-refractivity contribution is -0.142. The smallest absolute Gasteiger partial charge is 0.326 e. The first-order chi connectivity index (χ1) is 9.18. The van der Waals surface area contributed by atoms with Gasteiger partial charge in [-0.15, -0.1) is 0 Å². The first-order valence-electron chi connectivity index (χ1n) is 6.06. The molecule has 2 rings (SSSR count). The van der Waals surface area contributed by atoms with E-state index in [-0.39, 0.29) is 11.6 Å². The zero-order valence-electron chi connectivity index (χ0n) is 10.3. The standard InChI is InChI=1S/C12H15N3O4/c16-11(9-6-13-3-4-14-9)15-10(12(17)18)8-2-1-5-19-7-8/h3-4,6,8,10H,1-2,5,7H2,(H,15,16)(H,17,18). The van der Waals surface area contributed by atoms with E-state index in [0.29, 0.717) is 13.2 Å². The van der Waals surface area contributed by atoms with E-state index in [0.717, 1.165) is 12.8 Å². The topological polar surface area (TPSA) is 101 Å². The molecule has 1 aromatic heterocycles. The summed E-state index contributed by atoms with van der Waals surface area (Å²) < 4.78 is 5.26. The van der Waals surface area contributed by atoms with Crippen molar-refractivity contribution in [1.82, 2.24) is 15.3 Å². The Hall–Kier alpha value is -2.02. The molecule has 1 amide bonds. The average molecular weight is 265 g/mol. The third-order valence-corrected chi connectivity index (χ3v) is 3.02. The van der Waals surface area contributed by atoms with Crippen LogP contribution in [0.1, 0.15) is 23.3 Å². The number of aromatic nitrogens is 2. The van der Waals surface area contributed by atoms with Crippen LogP contribution in [0.15, 0.2) is 18.6 Å². The minimum Gasteiger partial charge on any atom is -0.480 e. The lowest BCUT2D eigenvalue weighted by atomic mass is 9.93. The molecule has 7 nitrogen and oxygen atoms in total. The molecule has 1 saturated heterocycles. The van der Waals surface area contributed by atoms with Gasteiger partial charge in [-0.2, -0.15) is 0 Å². The van der Waals surface area contributed by atoms with Crippen molar-refractivity contribution in [3.05, 3.63) is 24.3 Å². The van der Waals surface area contributed by atoms with Crippen molar-refractivity contribution >= 4 is 11.9 Å². The maximum atomic E-state index is 11.9. The van der Waals surface area contributed by atoms with Crippen LogP contribution in [-0.2, 0) is 9.53 Å². The first-order valence-corrected chi connectivity index (χ1v) is 6.06. The van der Waals surface area contributed by atoms with Crippen LogP contribution in [0.3, 0.4) is 0 Å². The maximum absolute atomic E-state index is 11.9. The summed E-state index contributed by atoms with van der Waals surface area (Å²) in [5.74, 6) is -1.81. The van der Waals surface area contributed by atoms with Gasteiger partial charge in [0.05, 0.1) is 12.8 Å². The Labute approximate surface area is 110 Å². The molecule has 19 heavy (non-hydrogen) atoms. The molecule has 1 aliphatic rings. The monoisotopic (exact) mass is 265 g/mol. The summed E-state index contributed by atoms with van der Waals surface area (Å²) in [4.78, 5) is 30.8. The lowest BCUT2D eigenvalue weighted by Gasteiger charge is -2.27. The minimum absolute atomic E-state index is 0.102. The number of carboxylic acid groups (broad SMARTS) is 1. The molecular formula is C12H15N3O4. The Balaban J connectivity index is 2.04. The molecule has 0 aromatic carbocycles. The molecule has 2 N–H and O–H groups in total. The number of carbonyl (C=O) groups excluding carboxylic acids is 1. The molecule has 0 radical (unpaired) electrons. The Morgan fingerprint density at radius 2 is 2.32 bits per heavy atom. The van der Waals surface area contributed by atoms with E-state index in [2.05, 4.69) is 15.3 Å². The number of aliphatic carboxylic acids is 1. The Kier molecular flexibility index (Phi) is 4.40. The predicted molar refractivity (Wildman–Crippen MR) is 64.5 cm³/mol. The minimum atomic E-state index is -1.06. The summed E-state index contributed by atoms with van der Waals surface area (Å²) in [5.41, 5.74) is 0.102. The summed E-state index contributed by atoms with van der Waals surface area (Å²) >= 11 is 0. The van der Waals surface area contributed by atoms with Gasteiger partial charge in [0.2, 0.25) is 0 Å². The molecule has 7 heteroatoms. The molecule has 1 fully saturated rings. The zero-order chi connectivity index (χ0) is 13.7. The van der Waals surface area contributed by atoms with Crippen LogP contribution >= 0.6 is 0 Å². The molecule has 1 aromatic rings. The summed E-state index contributed by atoms with van der Waals surface area (Å²) in [7, 11) is 0. The number of carbonyl (C=O) groups is 2. The summed E-state index contributed by atoms with van der Waals surface area (Å²) in [6.45, 7) is 0.985. The van der Waals surface area contributed by atoms with Crippen molar-refractivity contribution in [2.24, 2.45) is 5.92 Å². The van der Waals surface area contributed by atoms with Crippen molar-refractivity contribution in [2.75, 3.05) is 13.2 Å². The van der Waals surface area contributed by atoms with Gasteiger partial charge in [-0.1, -0.05) is 0 Å². The van der Waals surface area contributed by atoms with Gasteiger partial charge >= 0.3 is 5.97 Å². The number of carboxylic acids is 1. The van der Waals surface area contributed by atoms with Crippen LogP contribution in [0, 0.1) is 5.92 Å². The van der Waals surface area contributed by atoms with Crippen molar-refractivity contribution in [3.63, 3.8) is 0 Å². The second-order valence-corrected chi connectivity index (χ2v) is 4.36. The summed E-state index contributed by atoms with van der Waals surface area (Å²) in [5, 5.41) is 11.7. The number of nitrogens with one attached hydrogen (secondary N) is 1. The molecule has 2 unspecified atom stereocenters. The fourth-order valence-electron chi connectivity index (χ4n) is 2.04. The van der Waals surface area contributed by atoms with Crippen molar-refractivity contribution < 1.29 is 19.4 Å². The second-order valence-electron chi connectivity index (χ2n) is 4.36. The van der Waals surface area contributed by atoms with Gasteiger partial charge in [0, 0.05) is 24.9 Å². The van der Waals surface area contributed by atoms with Gasteiger partial charge in [0.15, 0.2) is 0 Å². The van der Waals surface area contributed by atoms with Crippen molar-refractivity contribution in [3.8, 4) is 0 Å². The molecule has 0 aliphatic carbocycles. The Bertz CT molecular complexity index is 446. The van der Waals surface area contributed by atoms with Crippen LogP contribution in [0.25, 0.3) is 0 Å². The van der Waals surface area contributed by atoms with Crippen LogP contribution in [0.2, 0.25) is 0 Å². The first kappa shape index (κ1) is 13.4. The average Bonchev–Trinajstić information content (AvgIpc) is 2.46. The van der Waals surface area contributed by atoms with Gasteiger partial charge in [0.25, 0.3) is 5.91 Å². The molecule has 0 spiro atoms. The lowest BCUT2D eigenvalue weighted by Crippen LogP contribution is -2.48. The maximum Gasteiger partial charge on any atom is 0.326 e. The molecule has 102 valence electrons. The highest BCUT2D eigenvalue weighted by molar-refractivity contribution is 5.94. The van der Waals surface area contributed by atoms with E-state index in [1.165, 1.54) is 18.6 Å². The zero-order valence-corrected chi connectivity index (χ0v) is 10.3. The van der Waals surface area contributed by atoms with E-state index < -0.39 is 17.9 Å². The van der Waals surface area contributed by atoms with Gasteiger partial charge < -0.3 is 15.2 Å². The largest absolute Gasteiger partial charge is 0.480 e. The predicted octanol–water partition coefficient (Wildman–Crippen LogP) is 0.0862. The van der Waals surface area contributed by atoms with Crippen LogP contribution in [0.4, 0.5) is 0 Å². The van der Waals surface area contributed by atoms with E-state index in [1.54, 1.807) is 0 Å². The fourth-order valence-corrected chi connectivity index (χ4v) is 2.04. The molecule has 2 atom stereocenters. The van der Waals surface area contributed by atoms with Crippen LogP contribution < -0.4 is 5.32 Å².